The molecule has 102 valence electrons. The van der Waals surface area contributed by atoms with Crippen molar-refractivity contribution < 1.29 is 28.2 Å². The minimum absolute atomic E-state index is 0.00382. The van der Waals surface area contributed by atoms with Crippen LogP contribution in [0.3, 0.4) is 0 Å². The molecule has 2 N–H and O–H groups in total. The summed E-state index contributed by atoms with van der Waals surface area (Å²) in [5.74, 6) is -0.830. The van der Waals surface area contributed by atoms with Crippen molar-refractivity contribution in [2.75, 3.05) is 0 Å². The lowest BCUT2D eigenvalue weighted by molar-refractivity contribution is -0.256. The maximum atomic E-state index is 12.2. The number of carboxylic acids is 1. The van der Waals surface area contributed by atoms with E-state index in [1.165, 1.54) is 0 Å². The van der Waals surface area contributed by atoms with Crippen LogP contribution < -0.4 is 0 Å². The molecule has 6 heteroatoms. The first kappa shape index (κ1) is 16.2. The predicted octanol–water partition coefficient (Wildman–Crippen LogP) is 2.83. The third-order valence-electron chi connectivity index (χ3n) is 2.97. The van der Waals surface area contributed by atoms with E-state index in [1.54, 1.807) is 0 Å². The maximum absolute atomic E-state index is 12.2. The highest BCUT2D eigenvalue weighted by atomic mass is 19.4. The van der Waals surface area contributed by atoms with Crippen molar-refractivity contribution in [3.05, 3.63) is 0 Å². The van der Waals surface area contributed by atoms with Crippen LogP contribution in [0, 0.1) is 11.3 Å². The Morgan fingerprint density at radius 3 is 1.88 bits per heavy atom. The molecule has 0 bridgehead atoms. The zero-order valence-corrected chi connectivity index (χ0v) is 10.4. The van der Waals surface area contributed by atoms with Gasteiger partial charge in [0.1, 0.15) is 0 Å². The van der Waals surface area contributed by atoms with Crippen LogP contribution in [0.1, 0.15) is 40.5 Å². The largest absolute Gasteiger partial charge is 0.481 e. The van der Waals surface area contributed by atoms with Gasteiger partial charge in [0.05, 0.1) is 0 Å². The van der Waals surface area contributed by atoms with Gasteiger partial charge < -0.3 is 10.2 Å². The summed E-state index contributed by atoms with van der Waals surface area (Å²) in [5, 5.41) is 16.6. The van der Waals surface area contributed by atoms with Crippen LogP contribution in [-0.4, -0.2) is 28.0 Å². The van der Waals surface area contributed by atoms with E-state index in [9.17, 15) is 13.2 Å². The lowest BCUT2D eigenvalue weighted by atomic mass is 9.95. The predicted molar refractivity (Wildman–Crippen MR) is 56.5 cm³/mol. The van der Waals surface area contributed by atoms with Gasteiger partial charge in [0.25, 0.3) is 5.97 Å². The first-order chi connectivity index (χ1) is 7.29. The Hall–Kier alpha value is -0.780. The molecule has 2 atom stereocenters. The summed E-state index contributed by atoms with van der Waals surface area (Å²) in [5.41, 5.74) is -2.54. The van der Waals surface area contributed by atoms with Gasteiger partial charge in [0.2, 0.25) is 0 Å². The normalized spacial score (nSPS) is 25.3. The van der Waals surface area contributed by atoms with Crippen LogP contribution >= 0.6 is 0 Å². The van der Waals surface area contributed by atoms with Crippen LogP contribution in [0.15, 0.2) is 0 Å². The zero-order valence-electron chi connectivity index (χ0n) is 10.4. The molecule has 3 nitrogen and oxygen atoms in total. The summed E-state index contributed by atoms with van der Waals surface area (Å²) in [6.45, 7) is 5.77. The van der Waals surface area contributed by atoms with E-state index in [-0.39, 0.29) is 17.8 Å². The van der Waals surface area contributed by atoms with Crippen molar-refractivity contribution in [2.24, 2.45) is 11.3 Å². The van der Waals surface area contributed by atoms with Crippen LogP contribution in [0.4, 0.5) is 13.2 Å². The van der Waals surface area contributed by atoms with Crippen molar-refractivity contribution >= 4 is 5.97 Å². The van der Waals surface area contributed by atoms with Crippen molar-refractivity contribution in [1.82, 2.24) is 0 Å². The summed E-state index contributed by atoms with van der Waals surface area (Å²) in [6, 6.07) is 0. The molecule has 0 aliphatic heterocycles. The fraction of sp³-hybridized carbons (Fsp3) is 0.909. The fourth-order valence-electron chi connectivity index (χ4n) is 1.52. The summed E-state index contributed by atoms with van der Waals surface area (Å²) < 4.78 is 36.7. The second kappa shape index (κ2) is 4.84. The molecule has 0 spiro atoms. The molecular formula is C11H19F3O3. The third kappa shape index (κ3) is 5.39. The number of hydrogen-bond donors (Lipinski definition) is 2. The molecule has 17 heavy (non-hydrogen) atoms. The quantitative estimate of drug-likeness (QED) is 0.798. The number of carbonyl (C=O) groups is 1. The third-order valence-corrected chi connectivity index (χ3v) is 2.97. The Bertz CT molecular complexity index is 278. The van der Waals surface area contributed by atoms with Crippen LogP contribution in [0.5, 0.6) is 0 Å². The Morgan fingerprint density at radius 1 is 1.41 bits per heavy atom. The molecule has 1 aliphatic rings. The molecular weight excluding hydrogens is 237 g/mol. The van der Waals surface area contributed by atoms with Gasteiger partial charge in [0.15, 0.2) is 5.60 Å². The van der Waals surface area contributed by atoms with E-state index in [1.807, 2.05) is 13.8 Å². The first-order valence-corrected chi connectivity index (χ1v) is 5.28. The van der Waals surface area contributed by atoms with Crippen molar-refractivity contribution in [2.45, 2.75) is 52.3 Å². The fourth-order valence-corrected chi connectivity index (χ4v) is 1.52. The molecule has 0 heterocycles. The first-order valence-electron chi connectivity index (χ1n) is 5.28. The van der Waals surface area contributed by atoms with Gasteiger partial charge in [-0.15, -0.1) is 0 Å². The van der Waals surface area contributed by atoms with Gasteiger partial charge >= 0.3 is 6.18 Å². The number of hydrogen-bond acceptors (Lipinski definition) is 2. The Balaban J connectivity index is 0.000000557. The summed E-state index contributed by atoms with van der Waals surface area (Å²) >= 11 is 0. The average molecular weight is 256 g/mol. The number of rotatable bonds is 2. The van der Waals surface area contributed by atoms with Crippen LogP contribution in [0.2, 0.25) is 0 Å². The molecule has 0 aromatic heterocycles. The van der Waals surface area contributed by atoms with Gasteiger partial charge in [-0.25, -0.2) is 0 Å². The molecule has 1 saturated carbocycles. The summed E-state index contributed by atoms with van der Waals surface area (Å²) in [6.07, 6.45) is -3.91. The highest BCUT2D eigenvalue weighted by molar-refractivity contribution is 5.62. The number of carboxylic acid groups (broad SMARTS) is 1. The number of aliphatic hydroxyl groups is 1. The zero-order chi connectivity index (χ0) is 14.1. The molecule has 0 saturated heterocycles. The van der Waals surface area contributed by atoms with E-state index < -0.39 is 17.7 Å². The standard InChI is InChI=1S/C9H15F3O.C2H4O2/c1-7(2)4-6(7)5-8(3,13)9(10,11)12;1-2(3)4/h6,13H,4-5H2,1-3H3;1H3,(H,3,4). The van der Waals surface area contributed by atoms with Crippen molar-refractivity contribution in [1.29, 1.82) is 0 Å². The molecule has 0 radical (unpaired) electrons. The average Bonchev–Trinajstić information content (AvgIpc) is 2.52. The summed E-state index contributed by atoms with van der Waals surface area (Å²) in [4.78, 5) is 9.00. The summed E-state index contributed by atoms with van der Waals surface area (Å²) in [7, 11) is 0. The molecule has 0 amide bonds. The van der Waals surface area contributed by atoms with Gasteiger partial charge in [-0.1, -0.05) is 13.8 Å². The van der Waals surface area contributed by atoms with E-state index in [0.29, 0.717) is 0 Å². The molecule has 1 fully saturated rings. The Kier molecular flexibility index (Phi) is 4.62. The maximum Gasteiger partial charge on any atom is 0.416 e. The van der Waals surface area contributed by atoms with Gasteiger partial charge in [-0.3, -0.25) is 4.79 Å². The molecule has 0 aromatic carbocycles. The SMILES string of the molecule is CC(=O)O.CC1(C)CC1CC(C)(O)C(F)(F)F. The van der Waals surface area contributed by atoms with E-state index in [4.69, 9.17) is 15.0 Å². The molecule has 2 unspecified atom stereocenters. The van der Waals surface area contributed by atoms with Gasteiger partial charge in [-0.2, -0.15) is 13.2 Å². The minimum Gasteiger partial charge on any atom is -0.481 e. The van der Waals surface area contributed by atoms with E-state index >= 15 is 0 Å². The van der Waals surface area contributed by atoms with Crippen LogP contribution in [-0.2, 0) is 4.79 Å². The lowest BCUT2D eigenvalue weighted by Crippen LogP contribution is -2.42. The smallest absolute Gasteiger partial charge is 0.416 e. The second-order valence-corrected chi connectivity index (χ2v) is 5.38. The number of halogens is 3. The minimum atomic E-state index is -4.51. The van der Waals surface area contributed by atoms with Gasteiger partial charge in [-0.05, 0) is 31.1 Å². The van der Waals surface area contributed by atoms with Crippen molar-refractivity contribution in [3.63, 3.8) is 0 Å². The molecule has 1 rings (SSSR count). The Labute approximate surface area is 98.6 Å². The van der Waals surface area contributed by atoms with Crippen LogP contribution in [0.25, 0.3) is 0 Å². The molecule has 1 aliphatic carbocycles. The monoisotopic (exact) mass is 256 g/mol. The van der Waals surface area contributed by atoms with Gasteiger partial charge in [0, 0.05) is 6.92 Å². The van der Waals surface area contributed by atoms with Crippen molar-refractivity contribution in [3.8, 4) is 0 Å². The number of aliphatic carboxylic acids is 1. The lowest BCUT2D eigenvalue weighted by Gasteiger charge is -2.26. The highest BCUT2D eigenvalue weighted by Crippen LogP contribution is 2.56. The highest BCUT2D eigenvalue weighted by Gasteiger charge is 2.56. The van der Waals surface area contributed by atoms with E-state index in [0.717, 1.165) is 20.3 Å². The number of alkyl halides is 3. The second-order valence-electron chi connectivity index (χ2n) is 5.38. The van der Waals surface area contributed by atoms with E-state index in [2.05, 4.69) is 0 Å². The molecule has 0 aromatic rings. The topological polar surface area (TPSA) is 57.5 Å². The Morgan fingerprint density at radius 2 is 1.71 bits per heavy atom.